The average molecular weight is 416 g/mol. The highest BCUT2D eigenvalue weighted by molar-refractivity contribution is 7.15. The van der Waals surface area contributed by atoms with Gasteiger partial charge >= 0.3 is 5.97 Å². The molecular formula is C21H21FN2O4S. The molecule has 3 aromatic rings. The molecule has 0 aliphatic carbocycles. The van der Waals surface area contributed by atoms with Crippen LogP contribution in [0.5, 0.6) is 0 Å². The van der Waals surface area contributed by atoms with Crippen molar-refractivity contribution in [3.05, 3.63) is 65.2 Å². The molecule has 29 heavy (non-hydrogen) atoms. The highest BCUT2D eigenvalue weighted by atomic mass is 32.1. The Balaban J connectivity index is 1.68. The van der Waals surface area contributed by atoms with E-state index in [4.69, 9.17) is 9.15 Å². The first-order chi connectivity index (χ1) is 14.1. The second-order valence-corrected chi connectivity index (χ2v) is 7.01. The van der Waals surface area contributed by atoms with Crippen molar-refractivity contribution in [2.24, 2.45) is 0 Å². The zero-order valence-corrected chi connectivity index (χ0v) is 16.7. The number of carbonyl (C=O) groups excluding carboxylic acids is 2. The molecule has 1 amide bonds. The number of amides is 1. The number of hydrogen-bond donors (Lipinski definition) is 2. The van der Waals surface area contributed by atoms with Gasteiger partial charge in [-0.3, -0.25) is 4.79 Å². The lowest BCUT2D eigenvalue weighted by Crippen LogP contribution is -2.22. The normalized spacial score (nSPS) is 10.7. The van der Waals surface area contributed by atoms with Gasteiger partial charge in [-0.15, -0.1) is 11.3 Å². The first-order valence-electron chi connectivity index (χ1n) is 9.16. The van der Waals surface area contributed by atoms with E-state index in [-0.39, 0.29) is 30.3 Å². The Morgan fingerprint density at radius 2 is 2.00 bits per heavy atom. The van der Waals surface area contributed by atoms with Gasteiger partial charge in [0.25, 0.3) is 0 Å². The van der Waals surface area contributed by atoms with Crippen molar-refractivity contribution in [3.8, 4) is 11.1 Å². The van der Waals surface area contributed by atoms with Crippen molar-refractivity contribution in [2.75, 3.05) is 18.5 Å². The van der Waals surface area contributed by atoms with E-state index in [0.717, 1.165) is 5.76 Å². The van der Waals surface area contributed by atoms with Gasteiger partial charge in [0, 0.05) is 23.9 Å². The maximum Gasteiger partial charge on any atom is 0.341 e. The molecule has 0 aliphatic rings. The highest BCUT2D eigenvalue weighted by Gasteiger charge is 2.22. The number of esters is 1. The van der Waals surface area contributed by atoms with Crippen LogP contribution >= 0.6 is 11.3 Å². The Morgan fingerprint density at radius 1 is 1.21 bits per heavy atom. The van der Waals surface area contributed by atoms with Crippen molar-refractivity contribution in [2.45, 2.75) is 19.9 Å². The number of ether oxygens (including phenoxy) is 1. The predicted octanol–water partition coefficient (Wildman–Crippen LogP) is 4.44. The molecule has 0 fully saturated rings. The van der Waals surface area contributed by atoms with E-state index in [0.29, 0.717) is 29.2 Å². The summed E-state index contributed by atoms with van der Waals surface area (Å²) in [4.78, 5) is 24.8. The molecule has 0 unspecified atom stereocenters. The topological polar surface area (TPSA) is 80.6 Å². The fourth-order valence-electron chi connectivity index (χ4n) is 2.71. The van der Waals surface area contributed by atoms with Gasteiger partial charge in [0.05, 0.1) is 19.4 Å². The molecule has 2 N–H and O–H groups in total. The van der Waals surface area contributed by atoms with Crippen LogP contribution in [0.4, 0.5) is 9.39 Å². The van der Waals surface area contributed by atoms with E-state index in [9.17, 15) is 14.0 Å². The Labute approximate surface area is 171 Å². The van der Waals surface area contributed by atoms with Crippen LogP contribution in [-0.4, -0.2) is 25.0 Å². The average Bonchev–Trinajstić information content (AvgIpc) is 3.36. The molecule has 8 heteroatoms. The van der Waals surface area contributed by atoms with Crippen LogP contribution in [-0.2, 0) is 16.1 Å². The Bertz CT molecular complexity index is 952. The van der Waals surface area contributed by atoms with Gasteiger partial charge in [-0.2, -0.15) is 0 Å². The molecule has 0 spiro atoms. The lowest BCUT2D eigenvalue weighted by molar-refractivity contribution is -0.116. The standard InChI is InChI=1S/C21H21FN2O4S/c1-2-27-21(26)19-17(14-5-7-15(22)8-6-14)13-29-20(19)24-18(25)9-10-23-12-16-4-3-11-28-16/h3-8,11,13,23H,2,9-10,12H2,1H3,(H,24,25). The summed E-state index contributed by atoms with van der Waals surface area (Å²) in [6, 6.07) is 9.47. The molecule has 152 valence electrons. The van der Waals surface area contributed by atoms with Crippen LogP contribution < -0.4 is 10.6 Å². The molecule has 3 rings (SSSR count). The Kier molecular flexibility index (Phi) is 7.15. The summed E-state index contributed by atoms with van der Waals surface area (Å²) in [6.45, 7) is 2.91. The van der Waals surface area contributed by atoms with Crippen molar-refractivity contribution >= 4 is 28.2 Å². The SMILES string of the molecule is CCOC(=O)c1c(-c2ccc(F)cc2)csc1NC(=O)CCNCc1ccco1. The fraction of sp³-hybridized carbons (Fsp3) is 0.238. The molecule has 0 radical (unpaired) electrons. The molecule has 0 atom stereocenters. The van der Waals surface area contributed by atoms with Gasteiger partial charge in [0.2, 0.25) is 5.91 Å². The van der Waals surface area contributed by atoms with Crippen LogP contribution in [0.2, 0.25) is 0 Å². The van der Waals surface area contributed by atoms with E-state index in [1.165, 1.54) is 23.5 Å². The smallest absolute Gasteiger partial charge is 0.341 e. The van der Waals surface area contributed by atoms with E-state index in [1.54, 1.807) is 36.8 Å². The number of thiophene rings is 1. The number of carbonyl (C=O) groups is 2. The largest absolute Gasteiger partial charge is 0.468 e. The molecule has 1 aromatic carbocycles. The third-order valence-electron chi connectivity index (χ3n) is 4.09. The summed E-state index contributed by atoms with van der Waals surface area (Å²) in [5.74, 6) is -0.330. The van der Waals surface area contributed by atoms with Gasteiger partial charge < -0.3 is 19.8 Å². The fourth-order valence-corrected chi connectivity index (χ4v) is 3.69. The molecular weight excluding hydrogens is 395 g/mol. The van der Waals surface area contributed by atoms with Crippen molar-refractivity contribution in [1.29, 1.82) is 0 Å². The summed E-state index contributed by atoms with van der Waals surface area (Å²) in [6.07, 6.45) is 1.82. The van der Waals surface area contributed by atoms with Crippen LogP contribution in [0.25, 0.3) is 11.1 Å². The van der Waals surface area contributed by atoms with E-state index < -0.39 is 5.97 Å². The number of nitrogens with one attached hydrogen (secondary N) is 2. The van der Waals surface area contributed by atoms with Crippen LogP contribution in [0.3, 0.4) is 0 Å². The van der Waals surface area contributed by atoms with Gasteiger partial charge in [0.1, 0.15) is 22.1 Å². The third kappa shape index (κ3) is 5.52. The third-order valence-corrected chi connectivity index (χ3v) is 4.98. The lowest BCUT2D eigenvalue weighted by Gasteiger charge is -2.09. The van der Waals surface area contributed by atoms with Gasteiger partial charge in [-0.05, 0) is 36.8 Å². The van der Waals surface area contributed by atoms with E-state index in [2.05, 4.69) is 10.6 Å². The van der Waals surface area contributed by atoms with E-state index >= 15 is 0 Å². The first kappa shape index (κ1) is 20.8. The number of hydrogen-bond acceptors (Lipinski definition) is 6. The Morgan fingerprint density at radius 3 is 2.69 bits per heavy atom. The molecule has 0 bridgehead atoms. The summed E-state index contributed by atoms with van der Waals surface area (Å²) >= 11 is 1.23. The molecule has 6 nitrogen and oxygen atoms in total. The van der Waals surface area contributed by atoms with Crippen LogP contribution in [0, 0.1) is 5.82 Å². The zero-order valence-electron chi connectivity index (χ0n) is 15.9. The molecule has 0 aliphatic heterocycles. The van der Waals surface area contributed by atoms with Gasteiger partial charge in [-0.25, -0.2) is 9.18 Å². The van der Waals surface area contributed by atoms with Crippen molar-refractivity contribution < 1.29 is 23.1 Å². The number of benzene rings is 1. The number of furan rings is 1. The second kappa shape index (κ2) is 9.99. The first-order valence-corrected chi connectivity index (χ1v) is 10.0. The zero-order chi connectivity index (χ0) is 20.6. The molecule has 2 heterocycles. The minimum atomic E-state index is -0.528. The highest BCUT2D eigenvalue weighted by Crippen LogP contribution is 2.36. The molecule has 2 aromatic heterocycles. The quantitative estimate of drug-likeness (QED) is 0.398. The lowest BCUT2D eigenvalue weighted by atomic mass is 10.0. The van der Waals surface area contributed by atoms with Crippen LogP contribution in [0.1, 0.15) is 29.5 Å². The summed E-state index contributed by atoms with van der Waals surface area (Å²) in [7, 11) is 0. The Hall–Kier alpha value is -2.97. The second-order valence-electron chi connectivity index (χ2n) is 6.14. The number of anilines is 1. The van der Waals surface area contributed by atoms with E-state index in [1.807, 2.05) is 6.07 Å². The predicted molar refractivity (Wildman–Crippen MR) is 109 cm³/mol. The minimum absolute atomic E-state index is 0.210. The monoisotopic (exact) mass is 416 g/mol. The summed E-state index contributed by atoms with van der Waals surface area (Å²) in [5.41, 5.74) is 1.55. The van der Waals surface area contributed by atoms with Crippen LogP contribution in [0.15, 0.2) is 52.5 Å². The number of rotatable bonds is 9. The van der Waals surface area contributed by atoms with Crippen molar-refractivity contribution in [1.82, 2.24) is 5.32 Å². The van der Waals surface area contributed by atoms with Crippen molar-refractivity contribution in [3.63, 3.8) is 0 Å². The number of halogens is 1. The molecule has 0 saturated heterocycles. The van der Waals surface area contributed by atoms with Gasteiger partial charge in [0.15, 0.2) is 0 Å². The summed E-state index contributed by atoms with van der Waals surface area (Å²) in [5, 5.41) is 8.08. The minimum Gasteiger partial charge on any atom is -0.468 e. The molecule has 0 saturated carbocycles. The maximum atomic E-state index is 13.2. The maximum absolute atomic E-state index is 13.2. The summed E-state index contributed by atoms with van der Waals surface area (Å²) < 4.78 is 23.6. The van der Waals surface area contributed by atoms with Gasteiger partial charge in [-0.1, -0.05) is 12.1 Å².